The highest BCUT2D eigenvalue weighted by atomic mass is 19.4. The van der Waals surface area contributed by atoms with Crippen molar-refractivity contribution in [3.8, 4) is 17.2 Å². The number of hydrogen-bond acceptors (Lipinski definition) is 6. The zero-order chi connectivity index (χ0) is 56.6. The van der Waals surface area contributed by atoms with E-state index in [1.807, 2.05) is 72.8 Å². The second kappa shape index (κ2) is 24.1. The lowest BCUT2D eigenvalue weighted by Crippen LogP contribution is -2.62. The summed E-state index contributed by atoms with van der Waals surface area (Å²) >= 11 is 0. The Morgan fingerprint density at radius 2 is 0.543 bits per heavy atom. The Labute approximate surface area is 462 Å². The molecule has 10 aromatic rings. The van der Waals surface area contributed by atoms with Gasteiger partial charge in [0.05, 0.1) is 16.7 Å². The molecule has 0 aliphatic rings. The molecule has 18 heteroatoms. The normalized spacial score (nSPS) is 11.7. The molecule has 7 aromatic carbocycles. The van der Waals surface area contributed by atoms with Gasteiger partial charge in [0, 0.05) is 35.4 Å². The Morgan fingerprint density at radius 1 is 0.296 bits per heavy atom. The van der Waals surface area contributed by atoms with Crippen LogP contribution in [0, 0.1) is 0 Å². The van der Waals surface area contributed by atoms with E-state index in [-0.39, 0.29) is 19.8 Å². The molecule has 3 heterocycles. The standard InChI is InChI=1S/C63H45B3F9N3O3/c67-61(68,69)46-28-22-43(23-29-46)40-79-55-16-4-1-13-52(55)64(58-19-7-10-34-76-58)49-37-50(65(59-20-8-11-35-77-59)53-14-2-5-17-56(53)80-41-44-24-30-47(31-25-44)62(70,71)72)39-51(38-49)66(60-21-9-12-36-78-60)54-15-3-6-18-57(54)81-42-45-26-32-48(33-27-45)63(73,74)75/h1-39H,40-42H2. The van der Waals surface area contributed by atoms with Crippen LogP contribution in [-0.2, 0) is 38.3 Å². The Morgan fingerprint density at radius 3 is 0.778 bits per heavy atom. The number of benzene rings is 7. The number of alkyl halides is 9. The van der Waals surface area contributed by atoms with Crippen LogP contribution in [0.15, 0.2) is 237 Å². The molecule has 0 aliphatic carbocycles. The third-order valence-corrected chi connectivity index (χ3v) is 13.7. The van der Waals surface area contributed by atoms with Gasteiger partial charge < -0.3 is 14.2 Å². The average molecular weight is 1100 g/mol. The minimum atomic E-state index is -4.52. The predicted octanol–water partition coefficient (Wildman–Crippen LogP) is 9.21. The van der Waals surface area contributed by atoms with Crippen LogP contribution in [0.4, 0.5) is 39.5 Å². The lowest BCUT2D eigenvalue weighted by molar-refractivity contribution is -0.138. The summed E-state index contributed by atoms with van der Waals surface area (Å²) in [6, 6.07) is 59.3. The number of pyridine rings is 3. The molecule has 0 saturated heterocycles. The van der Waals surface area contributed by atoms with Crippen LogP contribution in [0.3, 0.4) is 0 Å². The van der Waals surface area contributed by atoms with Gasteiger partial charge >= 0.3 is 18.5 Å². The molecule has 0 amide bonds. The van der Waals surface area contributed by atoms with Gasteiger partial charge in [-0.05, 0) is 124 Å². The molecule has 0 bridgehead atoms. The molecule has 10 rings (SSSR count). The Bertz CT molecular complexity index is 3290. The van der Waals surface area contributed by atoms with E-state index in [1.54, 1.807) is 73.2 Å². The Kier molecular flexibility index (Phi) is 16.5. The fourth-order valence-corrected chi connectivity index (χ4v) is 9.78. The molecule has 0 atom stereocenters. The molecule has 0 aliphatic heterocycles. The topological polar surface area (TPSA) is 66.4 Å². The summed E-state index contributed by atoms with van der Waals surface area (Å²) < 4.78 is 142. The predicted molar refractivity (Wildman–Crippen MR) is 300 cm³/mol. The first kappa shape index (κ1) is 55.3. The summed E-state index contributed by atoms with van der Waals surface area (Å²) in [4.78, 5) is 14.8. The van der Waals surface area contributed by atoms with E-state index in [0.29, 0.717) is 67.1 Å². The quantitative estimate of drug-likeness (QED) is 0.0632. The summed E-state index contributed by atoms with van der Waals surface area (Å²) in [5.74, 6) is 1.31. The van der Waals surface area contributed by atoms with Gasteiger partial charge in [-0.2, -0.15) is 39.5 Å². The summed E-state index contributed by atoms with van der Waals surface area (Å²) in [7, 11) is 0. The summed E-state index contributed by atoms with van der Waals surface area (Å²) in [6.45, 7) is -2.23. The molecule has 402 valence electrons. The van der Waals surface area contributed by atoms with Gasteiger partial charge in [0.25, 0.3) is 20.1 Å². The maximum atomic E-state index is 13.6. The zero-order valence-electron chi connectivity index (χ0n) is 42.8. The third-order valence-electron chi connectivity index (χ3n) is 13.7. The van der Waals surface area contributed by atoms with Crippen LogP contribution >= 0.6 is 0 Å². The number of hydrogen-bond donors (Lipinski definition) is 0. The highest BCUT2D eigenvalue weighted by Crippen LogP contribution is 2.31. The lowest BCUT2D eigenvalue weighted by Gasteiger charge is -2.25. The molecule has 0 spiro atoms. The molecule has 81 heavy (non-hydrogen) atoms. The van der Waals surface area contributed by atoms with Gasteiger partial charge in [0.15, 0.2) is 0 Å². The molecular formula is C63H45B3F9N3O3. The van der Waals surface area contributed by atoms with E-state index in [2.05, 4.69) is 18.2 Å². The van der Waals surface area contributed by atoms with Crippen LogP contribution in [0.25, 0.3) is 0 Å². The number of halogens is 9. The van der Waals surface area contributed by atoms with Gasteiger partial charge in [0.1, 0.15) is 37.1 Å². The Balaban J connectivity index is 1.16. The number of rotatable bonds is 18. The molecule has 0 saturated carbocycles. The average Bonchev–Trinajstić information content (AvgIpc) is 3.67. The van der Waals surface area contributed by atoms with E-state index in [4.69, 9.17) is 29.2 Å². The van der Waals surface area contributed by atoms with Gasteiger partial charge in [-0.15, -0.1) is 0 Å². The first-order valence-corrected chi connectivity index (χ1v) is 25.6. The fourth-order valence-electron chi connectivity index (χ4n) is 9.78. The van der Waals surface area contributed by atoms with E-state index < -0.39 is 55.4 Å². The highest BCUT2D eigenvalue weighted by molar-refractivity contribution is 7.00. The maximum Gasteiger partial charge on any atom is 0.416 e. The van der Waals surface area contributed by atoms with Crippen molar-refractivity contribution in [3.63, 3.8) is 0 Å². The van der Waals surface area contributed by atoms with Crippen LogP contribution in [0.1, 0.15) is 33.4 Å². The number of nitrogens with zero attached hydrogens (tertiary/aromatic N) is 3. The summed E-state index contributed by atoms with van der Waals surface area (Å²) in [5, 5.41) is 0. The number of aromatic nitrogens is 3. The second-order valence-electron chi connectivity index (χ2n) is 19.1. The molecule has 3 aromatic heterocycles. The largest absolute Gasteiger partial charge is 0.489 e. The van der Waals surface area contributed by atoms with E-state index in [1.165, 1.54) is 36.4 Å². The number of para-hydroxylation sites is 3. The molecule has 0 fully saturated rings. The van der Waals surface area contributed by atoms with Crippen molar-refractivity contribution >= 4 is 69.7 Å². The summed E-state index contributed by atoms with van der Waals surface area (Å²) in [6.07, 6.45) is -8.51. The fraction of sp³-hybridized carbons (Fsp3) is 0.0952. The Hall–Kier alpha value is -9.05. The van der Waals surface area contributed by atoms with Crippen LogP contribution in [0.2, 0.25) is 0 Å². The SMILES string of the molecule is FC(F)(F)c1ccc(COc2ccccc2B(c2cc(B(c3ccccn3)c3ccccc3OCc3ccc(C(F)(F)F)cc3)cc(B(c3ccccn3)c3ccccc3OCc3ccc(C(F)(F)F)cc3)c2)c2ccccn2)cc1. The zero-order valence-corrected chi connectivity index (χ0v) is 42.8. The van der Waals surface area contributed by atoms with Crippen molar-refractivity contribution in [2.75, 3.05) is 0 Å². The van der Waals surface area contributed by atoms with E-state index in [9.17, 15) is 39.5 Å². The van der Waals surface area contributed by atoms with Crippen molar-refractivity contribution in [3.05, 3.63) is 270 Å². The van der Waals surface area contributed by atoms with Gasteiger partial charge in [0.2, 0.25) is 0 Å². The van der Waals surface area contributed by atoms with Gasteiger partial charge in [-0.25, -0.2) is 0 Å². The van der Waals surface area contributed by atoms with E-state index >= 15 is 0 Å². The maximum absolute atomic E-state index is 13.6. The van der Waals surface area contributed by atoms with Crippen molar-refractivity contribution < 1.29 is 53.7 Å². The third kappa shape index (κ3) is 13.4. The molecular weight excluding hydrogens is 1050 g/mol. The van der Waals surface area contributed by atoms with Gasteiger partial charge in [-0.3, -0.25) is 15.0 Å². The van der Waals surface area contributed by atoms with Crippen molar-refractivity contribution in [1.82, 2.24) is 15.0 Å². The van der Waals surface area contributed by atoms with Crippen molar-refractivity contribution in [2.24, 2.45) is 0 Å². The second-order valence-corrected chi connectivity index (χ2v) is 19.1. The summed E-state index contributed by atoms with van der Waals surface area (Å²) in [5.41, 5.74) is 5.22. The lowest BCUT2D eigenvalue weighted by atomic mass is 9.32. The monoisotopic (exact) mass is 1100 g/mol. The minimum Gasteiger partial charge on any atom is -0.489 e. The van der Waals surface area contributed by atoms with Crippen LogP contribution in [-0.4, -0.2) is 35.1 Å². The number of ether oxygens (including phenoxy) is 3. The van der Waals surface area contributed by atoms with Crippen LogP contribution in [0.5, 0.6) is 17.2 Å². The molecule has 0 unspecified atom stereocenters. The molecule has 6 nitrogen and oxygen atoms in total. The molecule has 0 radical (unpaired) electrons. The highest BCUT2D eigenvalue weighted by Gasteiger charge is 2.36. The minimum absolute atomic E-state index is 0.0641. The first-order valence-electron chi connectivity index (χ1n) is 25.6. The molecule has 0 N–H and O–H groups in total. The van der Waals surface area contributed by atoms with Crippen LogP contribution < -0.4 is 63.8 Å². The first-order chi connectivity index (χ1) is 39.1. The van der Waals surface area contributed by atoms with Crippen molar-refractivity contribution in [1.29, 1.82) is 0 Å². The van der Waals surface area contributed by atoms with Gasteiger partial charge in [-0.1, -0.05) is 144 Å². The van der Waals surface area contributed by atoms with Crippen molar-refractivity contribution in [2.45, 2.75) is 38.3 Å². The smallest absolute Gasteiger partial charge is 0.416 e. The van der Waals surface area contributed by atoms with E-state index in [0.717, 1.165) is 52.8 Å².